The normalized spacial score (nSPS) is 12.8. The highest BCUT2D eigenvalue weighted by Crippen LogP contribution is 2.32. The van der Waals surface area contributed by atoms with Crippen molar-refractivity contribution >= 4 is 15.9 Å². The summed E-state index contributed by atoms with van der Waals surface area (Å²) in [7, 11) is 0. The van der Waals surface area contributed by atoms with Crippen molar-refractivity contribution < 1.29 is 22.7 Å². The molecule has 1 aromatic carbocycles. The maximum atomic E-state index is 13.4. The summed E-state index contributed by atoms with van der Waals surface area (Å²) in [5, 5.41) is 9.82. The van der Waals surface area contributed by atoms with Crippen LogP contribution in [0.15, 0.2) is 33.5 Å². The monoisotopic (exact) mass is 306 g/mol. The summed E-state index contributed by atoms with van der Waals surface area (Å²) in [6.07, 6.45) is -0.314. The van der Waals surface area contributed by atoms with Gasteiger partial charge in [0.1, 0.15) is 23.6 Å². The molecule has 0 saturated carbocycles. The van der Waals surface area contributed by atoms with Crippen molar-refractivity contribution in [3.8, 4) is 0 Å². The molecule has 2 aromatic rings. The van der Waals surface area contributed by atoms with Crippen molar-refractivity contribution in [2.75, 3.05) is 0 Å². The Morgan fingerprint density at radius 3 is 2.24 bits per heavy atom. The predicted octanol–water partition coefficient (Wildman–Crippen LogP) is 3.54. The smallest absolute Gasteiger partial charge is 0.175 e. The van der Waals surface area contributed by atoms with Gasteiger partial charge in [-0.25, -0.2) is 13.2 Å². The summed E-state index contributed by atoms with van der Waals surface area (Å²) in [6.45, 7) is 0. The Labute approximate surface area is 103 Å². The van der Waals surface area contributed by atoms with E-state index in [4.69, 9.17) is 4.42 Å². The first-order valence-corrected chi connectivity index (χ1v) is 5.35. The van der Waals surface area contributed by atoms with Crippen LogP contribution in [0.25, 0.3) is 0 Å². The summed E-state index contributed by atoms with van der Waals surface area (Å²) in [6, 6.07) is 2.38. The molecular weight excluding hydrogens is 301 g/mol. The van der Waals surface area contributed by atoms with Gasteiger partial charge in [-0.1, -0.05) is 0 Å². The quantitative estimate of drug-likeness (QED) is 0.920. The van der Waals surface area contributed by atoms with Crippen LogP contribution in [0.2, 0.25) is 0 Å². The van der Waals surface area contributed by atoms with Crippen LogP contribution in [0.1, 0.15) is 17.2 Å². The largest absolute Gasteiger partial charge is 0.457 e. The van der Waals surface area contributed by atoms with Gasteiger partial charge in [-0.05, 0) is 22.0 Å². The van der Waals surface area contributed by atoms with Crippen LogP contribution in [-0.2, 0) is 0 Å². The summed E-state index contributed by atoms with van der Waals surface area (Å²) >= 11 is 2.98. The molecule has 17 heavy (non-hydrogen) atoms. The molecule has 0 aliphatic carbocycles. The highest BCUT2D eigenvalue weighted by molar-refractivity contribution is 9.10. The van der Waals surface area contributed by atoms with Gasteiger partial charge in [0.15, 0.2) is 4.67 Å². The van der Waals surface area contributed by atoms with E-state index >= 15 is 0 Å². The topological polar surface area (TPSA) is 33.4 Å². The lowest BCUT2D eigenvalue weighted by atomic mass is 10.0. The Kier molecular flexibility index (Phi) is 3.26. The van der Waals surface area contributed by atoms with Crippen molar-refractivity contribution in [1.82, 2.24) is 0 Å². The Morgan fingerprint density at radius 1 is 1.18 bits per heavy atom. The Hall–Kier alpha value is -1.27. The molecular formula is C11H6BrF3O2. The first kappa shape index (κ1) is 12.2. The molecule has 90 valence electrons. The van der Waals surface area contributed by atoms with E-state index in [9.17, 15) is 18.3 Å². The molecule has 0 aliphatic rings. The van der Waals surface area contributed by atoms with Crippen molar-refractivity contribution in [2.45, 2.75) is 6.10 Å². The van der Waals surface area contributed by atoms with Gasteiger partial charge in [0.05, 0.1) is 11.8 Å². The molecule has 1 aromatic heterocycles. The van der Waals surface area contributed by atoms with Crippen molar-refractivity contribution in [1.29, 1.82) is 0 Å². The first-order valence-electron chi connectivity index (χ1n) is 4.56. The van der Waals surface area contributed by atoms with Crippen LogP contribution in [0.4, 0.5) is 13.2 Å². The Morgan fingerprint density at radius 2 is 1.76 bits per heavy atom. The standard InChI is InChI=1S/C11H6BrF3O2/c12-11-6(1-2-17-11)10(16)9-7(14)3-5(13)4-8(9)15/h1-4,10,16H. The fourth-order valence-electron chi connectivity index (χ4n) is 1.47. The minimum absolute atomic E-state index is 0.160. The van der Waals surface area contributed by atoms with E-state index in [1.807, 2.05) is 0 Å². The number of halogens is 4. The van der Waals surface area contributed by atoms with E-state index in [0.717, 1.165) is 0 Å². The Balaban J connectivity index is 2.51. The van der Waals surface area contributed by atoms with Gasteiger partial charge < -0.3 is 9.52 Å². The molecule has 1 heterocycles. The first-order chi connectivity index (χ1) is 8.00. The van der Waals surface area contributed by atoms with Crippen LogP contribution in [0, 0.1) is 17.5 Å². The molecule has 1 atom stereocenters. The number of hydrogen-bond acceptors (Lipinski definition) is 2. The van der Waals surface area contributed by atoms with Crippen LogP contribution in [-0.4, -0.2) is 5.11 Å². The zero-order valence-corrected chi connectivity index (χ0v) is 9.84. The van der Waals surface area contributed by atoms with Gasteiger partial charge in [-0.2, -0.15) is 0 Å². The summed E-state index contributed by atoms with van der Waals surface area (Å²) < 4.78 is 44.5. The molecule has 2 nitrogen and oxygen atoms in total. The maximum absolute atomic E-state index is 13.4. The van der Waals surface area contributed by atoms with Gasteiger partial charge >= 0.3 is 0 Å². The van der Waals surface area contributed by atoms with E-state index < -0.39 is 29.1 Å². The van der Waals surface area contributed by atoms with Gasteiger partial charge in [0.25, 0.3) is 0 Å². The zero-order chi connectivity index (χ0) is 12.6. The molecule has 1 unspecified atom stereocenters. The summed E-state index contributed by atoms with van der Waals surface area (Å²) in [4.78, 5) is 0. The lowest BCUT2D eigenvalue weighted by molar-refractivity contribution is 0.206. The minimum Gasteiger partial charge on any atom is -0.457 e. The number of aliphatic hydroxyl groups excluding tert-OH is 1. The maximum Gasteiger partial charge on any atom is 0.175 e. The number of aliphatic hydroxyl groups is 1. The average molecular weight is 307 g/mol. The van der Waals surface area contributed by atoms with Gasteiger partial charge in [0, 0.05) is 17.7 Å². The Bertz CT molecular complexity index is 530. The fraction of sp³-hybridized carbons (Fsp3) is 0.0909. The number of hydrogen-bond donors (Lipinski definition) is 1. The third kappa shape index (κ3) is 2.23. The van der Waals surface area contributed by atoms with E-state index in [1.165, 1.54) is 12.3 Å². The SMILES string of the molecule is OC(c1ccoc1Br)c1c(F)cc(F)cc1F. The van der Waals surface area contributed by atoms with Crippen molar-refractivity contribution in [3.63, 3.8) is 0 Å². The van der Waals surface area contributed by atoms with E-state index in [1.54, 1.807) is 0 Å². The van der Waals surface area contributed by atoms with E-state index in [0.29, 0.717) is 12.1 Å². The molecule has 0 radical (unpaired) electrons. The second kappa shape index (κ2) is 4.54. The van der Waals surface area contributed by atoms with Crippen LogP contribution < -0.4 is 0 Å². The van der Waals surface area contributed by atoms with Crippen LogP contribution in [0.3, 0.4) is 0 Å². The molecule has 0 fully saturated rings. The minimum atomic E-state index is -1.57. The summed E-state index contributed by atoms with van der Waals surface area (Å²) in [5.74, 6) is -3.34. The van der Waals surface area contributed by atoms with Crippen LogP contribution in [0.5, 0.6) is 0 Å². The van der Waals surface area contributed by atoms with E-state index in [-0.39, 0.29) is 10.2 Å². The lowest BCUT2D eigenvalue weighted by Gasteiger charge is -2.11. The summed E-state index contributed by atoms with van der Waals surface area (Å²) in [5.41, 5.74) is -0.456. The molecule has 1 N–H and O–H groups in total. The molecule has 2 rings (SSSR count). The molecule has 0 aliphatic heterocycles. The molecule has 6 heteroatoms. The van der Waals surface area contributed by atoms with Crippen molar-refractivity contribution in [2.24, 2.45) is 0 Å². The van der Waals surface area contributed by atoms with Crippen molar-refractivity contribution in [3.05, 3.63) is 57.7 Å². The highest BCUT2D eigenvalue weighted by atomic mass is 79.9. The molecule has 0 spiro atoms. The molecule has 0 bridgehead atoms. The third-order valence-electron chi connectivity index (χ3n) is 2.26. The third-order valence-corrected chi connectivity index (χ3v) is 2.90. The van der Waals surface area contributed by atoms with Gasteiger partial charge in [0.2, 0.25) is 0 Å². The number of rotatable bonds is 2. The highest BCUT2D eigenvalue weighted by Gasteiger charge is 2.23. The second-order valence-corrected chi connectivity index (χ2v) is 4.06. The molecule has 0 amide bonds. The zero-order valence-electron chi connectivity index (χ0n) is 8.25. The average Bonchev–Trinajstić information content (AvgIpc) is 2.62. The predicted molar refractivity (Wildman–Crippen MR) is 56.8 cm³/mol. The van der Waals surface area contributed by atoms with Crippen LogP contribution >= 0.6 is 15.9 Å². The van der Waals surface area contributed by atoms with E-state index in [2.05, 4.69) is 15.9 Å². The number of benzene rings is 1. The van der Waals surface area contributed by atoms with Gasteiger partial charge in [-0.3, -0.25) is 0 Å². The second-order valence-electron chi connectivity index (χ2n) is 3.34. The number of furan rings is 1. The fourth-order valence-corrected chi connectivity index (χ4v) is 1.93. The van der Waals surface area contributed by atoms with Gasteiger partial charge in [-0.15, -0.1) is 0 Å². The lowest BCUT2D eigenvalue weighted by Crippen LogP contribution is -2.06. The molecule has 0 saturated heterocycles.